The van der Waals surface area contributed by atoms with E-state index >= 15 is 0 Å². The van der Waals surface area contributed by atoms with Gasteiger partial charge in [-0.25, -0.2) is 0 Å². The van der Waals surface area contributed by atoms with Crippen LogP contribution < -0.4 is 5.32 Å². The molecular weight excluding hydrogens is 268 g/mol. The summed E-state index contributed by atoms with van der Waals surface area (Å²) in [5.41, 5.74) is 2.02. The lowest BCUT2D eigenvalue weighted by atomic mass is 10.1. The number of hydrogen-bond donors (Lipinski definition) is 1. The highest BCUT2D eigenvalue weighted by Crippen LogP contribution is 2.16. The molecule has 6 nitrogen and oxygen atoms in total. The highest BCUT2D eigenvalue weighted by Gasteiger charge is 2.12. The summed E-state index contributed by atoms with van der Waals surface area (Å²) in [5.74, 6) is -0.421. The summed E-state index contributed by atoms with van der Waals surface area (Å²) in [4.78, 5) is 11.9. The molecule has 0 unspecified atom stereocenters. The average Bonchev–Trinajstić information content (AvgIpc) is 2.76. The van der Waals surface area contributed by atoms with Crippen molar-refractivity contribution in [3.63, 3.8) is 0 Å². The lowest BCUT2D eigenvalue weighted by Gasteiger charge is -2.03. The van der Waals surface area contributed by atoms with E-state index < -0.39 is 5.91 Å². The number of ether oxygens (including phenoxy) is 1. The summed E-state index contributed by atoms with van der Waals surface area (Å²) in [7, 11) is 3.36. The second kappa shape index (κ2) is 7.88. The lowest BCUT2D eigenvalue weighted by molar-refractivity contribution is -0.117. The fraction of sp³-hybridized carbons (Fsp3) is 0.400. The summed E-state index contributed by atoms with van der Waals surface area (Å²) < 4.78 is 6.61. The van der Waals surface area contributed by atoms with Gasteiger partial charge in [-0.15, -0.1) is 0 Å². The molecular formula is C15H18N4O2. The first-order valence-corrected chi connectivity index (χ1v) is 6.50. The van der Waals surface area contributed by atoms with E-state index in [-0.39, 0.29) is 5.57 Å². The first-order valence-electron chi connectivity index (χ1n) is 6.50. The Morgan fingerprint density at radius 2 is 2.24 bits per heavy atom. The Bertz CT molecular complexity index is 629. The Morgan fingerprint density at radius 1 is 1.52 bits per heavy atom. The Balaban J connectivity index is 2.88. The van der Waals surface area contributed by atoms with Crippen molar-refractivity contribution in [2.24, 2.45) is 7.05 Å². The van der Waals surface area contributed by atoms with Crippen LogP contribution in [0.5, 0.6) is 0 Å². The molecule has 6 heteroatoms. The molecule has 21 heavy (non-hydrogen) atoms. The minimum atomic E-state index is -0.421. The SMILES string of the molecule is COCCCNC(=O)C(C#N)=Cc1cc(C#N)n(C)c1C. The molecule has 0 bridgehead atoms. The molecule has 1 heterocycles. The fourth-order valence-electron chi connectivity index (χ4n) is 1.79. The van der Waals surface area contributed by atoms with Crippen molar-refractivity contribution >= 4 is 12.0 Å². The molecule has 0 atom stereocenters. The molecule has 110 valence electrons. The molecule has 1 amide bonds. The highest BCUT2D eigenvalue weighted by atomic mass is 16.5. The van der Waals surface area contributed by atoms with Gasteiger partial charge in [0.05, 0.1) is 0 Å². The number of carbonyl (C=O) groups is 1. The van der Waals surface area contributed by atoms with E-state index in [2.05, 4.69) is 11.4 Å². The third-order valence-corrected chi connectivity index (χ3v) is 3.16. The molecule has 1 rings (SSSR count). The number of nitrogens with zero attached hydrogens (tertiary/aromatic N) is 3. The van der Waals surface area contributed by atoms with Crippen LogP contribution in [0.4, 0.5) is 0 Å². The maximum Gasteiger partial charge on any atom is 0.261 e. The van der Waals surface area contributed by atoms with Gasteiger partial charge in [-0.3, -0.25) is 4.79 Å². The van der Waals surface area contributed by atoms with Crippen LogP contribution in [-0.4, -0.2) is 30.7 Å². The maximum atomic E-state index is 11.9. The molecule has 0 saturated carbocycles. The van der Waals surface area contributed by atoms with E-state index in [1.54, 1.807) is 24.8 Å². The first kappa shape index (κ1) is 16.5. The van der Waals surface area contributed by atoms with Gasteiger partial charge in [-0.2, -0.15) is 10.5 Å². The van der Waals surface area contributed by atoms with E-state index in [0.29, 0.717) is 30.8 Å². The average molecular weight is 286 g/mol. The summed E-state index contributed by atoms with van der Waals surface area (Å²) in [6.45, 7) is 2.83. The number of nitrogens with one attached hydrogen (secondary N) is 1. The van der Waals surface area contributed by atoms with Crippen LogP contribution in [0, 0.1) is 29.6 Å². The molecule has 1 aromatic rings. The minimum absolute atomic E-state index is 0.0191. The van der Waals surface area contributed by atoms with Gasteiger partial charge in [0.1, 0.15) is 23.4 Å². The Morgan fingerprint density at radius 3 is 2.76 bits per heavy atom. The van der Waals surface area contributed by atoms with Crippen LogP contribution in [0.2, 0.25) is 0 Å². The zero-order chi connectivity index (χ0) is 15.8. The Labute approximate surface area is 124 Å². The quantitative estimate of drug-likeness (QED) is 0.484. The van der Waals surface area contributed by atoms with Gasteiger partial charge in [0.25, 0.3) is 5.91 Å². The summed E-state index contributed by atoms with van der Waals surface area (Å²) in [6.07, 6.45) is 2.19. The predicted molar refractivity (Wildman–Crippen MR) is 78.0 cm³/mol. The normalized spacial score (nSPS) is 10.8. The van der Waals surface area contributed by atoms with Crippen LogP contribution >= 0.6 is 0 Å². The molecule has 0 aliphatic carbocycles. The Kier molecular flexibility index (Phi) is 6.19. The fourth-order valence-corrected chi connectivity index (χ4v) is 1.79. The number of methoxy groups -OCH3 is 1. The molecule has 1 N–H and O–H groups in total. The summed E-state index contributed by atoms with van der Waals surface area (Å²) in [5, 5.41) is 20.7. The van der Waals surface area contributed by atoms with Gasteiger partial charge in [0.15, 0.2) is 0 Å². The summed E-state index contributed by atoms with van der Waals surface area (Å²) in [6, 6.07) is 5.61. The molecule has 0 saturated heterocycles. The van der Waals surface area contributed by atoms with Crippen molar-refractivity contribution in [3.8, 4) is 12.1 Å². The highest BCUT2D eigenvalue weighted by molar-refractivity contribution is 6.01. The number of carbonyl (C=O) groups excluding carboxylic acids is 1. The maximum absolute atomic E-state index is 11.9. The van der Waals surface area contributed by atoms with Crippen molar-refractivity contribution in [1.29, 1.82) is 10.5 Å². The number of nitriles is 2. The van der Waals surface area contributed by atoms with Crippen molar-refractivity contribution < 1.29 is 9.53 Å². The molecule has 0 aliphatic heterocycles. The van der Waals surface area contributed by atoms with Crippen LogP contribution in [0.3, 0.4) is 0 Å². The molecule has 0 fully saturated rings. The monoisotopic (exact) mass is 286 g/mol. The number of rotatable bonds is 6. The largest absolute Gasteiger partial charge is 0.385 e. The summed E-state index contributed by atoms with van der Waals surface area (Å²) >= 11 is 0. The topological polar surface area (TPSA) is 90.8 Å². The second-order valence-electron chi connectivity index (χ2n) is 4.51. The predicted octanol–water partition coefficient (Wildman–Crippen LogP) is 1.26. The Hall–Kier alpha value is -2.57. The van der Waals surface area contributed by atoms with E-state index in [0.717, 1.165) is 5.69 Å². The molecule has 0 spiro atoms. The van der Waals surface area contributed by atoms with E-state index in [1.807, 2.05) is 13.0 Å². The van der Waals surface area contributed by atoms with E-state index in [4.69, 9.17) is 15.3 Å². The molecule has 1 aromatic heterocycles. The van der Waals surface area contributed by atoms with Crippen molar-refractivity contribution in [2.45, 2.75) is 13.3 Å². The standard InChI is InChI=1S/C15H18N4O2/c1-11-12(8-14(10-17)19(11)2)7-13(9-16)15(20)18-5-4-6-21-3/h7-8H,4-6H2,1-3H3,(H,18,20). The number of amides is 1. The van der Waals surface area contributed by atoms with E-state index in [9.17, 15) is 4.79 Å². The van der Waals surface area contributed by atoms with Gasteiger partial charge >= 0.3 is 0 Å². The van der Waals surface area contributed by atoms with Gasteiger partial charge in [-0.1, -0.05) is 0 Å². The zero-order valence-electron chi connectivity index (χ0n) is 12.4. The van der Waals surface area contributed by atoms with E-state index in [1.165, 1.54) is 6.08 Å². The molecule has 0 aliphatic rings. The van der Waals surface area contributed by atoms with Crippen LogP contribution in [-0.2, 0) is 16.6 Å². The van der Waals surface area contributed by atoms with Crippen molar-refractivity contribution in [2.75, 3.05) is 20.3 Å². The zero-order valence-corrected chi connectivity index (χ0v) is 12.4. The lowest BCUT2D eigenvalue weighted by Crippen LogP contribution is -2.26. The van der Waals surface area contributed by atoms with Crippen LogP contribution in [0.15, 0.2) is 11.6 Å². The van der Waals surface area contributed by atoms with Crippen molar-refractivity contribution in [1.82, 2.24) is 9.88 Å². The second-order valence-corrected chi connectivity index (χ2v) is 4.51. The first-order chi connectivity index (χ1) is 10.0. The molecule has 0 aromatic carbocycles. The van der Waals surface area contributed by atoms with Crippen molar-refractivity contribution in [3.05, 3.63) is 28.6 Å². The molecule has 0 radical (unpaired) electrons. The third kappa shape index (κ3) is 4.20. The van der Waals surface area contributed by atoms with Gasteiger partial charge < -0.3 is 14.6 Å². The van der Waals surface area contributed by atoms with Gasteiger partial charge in [-0.05, 0) is 31.1 Å². The number of aromatic nitrogens is 1. The van der Waals surface area contributed by atoms with Gasteiger partial charge in [0, 0.05) is 33.0 Å². The number of hydrogen-bond acceptors (Lipinski definition) is 4. The van der Waals surface area contributed by atoms with Gasteiger partial charge in [0.2, 0.25) is 0 Å². The minimum Gasteiger partial charge on any atom is -0.385 e. The third-order valence-electron chi connectivity index (χ3n) is 3.16. The van der Waals surface area contributed by atoms with Crippen LogP contribution in [0.1, 0.15) is 23.4 Å². The smallest absolute Gasteiger partial charge is 0.261 e. The van der Waals surface area contributed by atoms with Crippen LogP contribution in [0.25, 0.3) is 6.08 Å².